The number of hydrogen-bond donors (Lipinski definition) is 4. The lowest BCUT2D eigenvalue weighted by atomic mass is 10.0. The zero-order chi connectivity index (χ0) is 27.3. The number of halogens is 3. The Hall–Kier alpha value is -3.15. The smallest absolute Gasteiger partial charge is 0.477 e. The summed E-state index contributed by atoms with van der Waals surface area (Å²) in [4.78, 5) is 47.6. The monoisotopic (exact) mass is 577 g/mol. The van der Waals surface area contributed by atoms with Crippen LogP contribution in [0.2, 0.25) is 0 Å². The highest BCUT2D eigenvalue weighted by Gasteiger charge is 2.54. The van der Waals surface area contributed by atoms with Crippen LogP contribution < -0.4 is 11.1 Å². The van der Waals surface area contributed by atoms with Gasteiger partial charge in [0.2, 0.25) is 5.91 Å². The van der Waals surface area contributed by atoms with E-state index in [2.05, 4.69) is 15.5 Å². The van der Waals surface area contributed by atoms with E-state index >= 15 is 0 Å². The van der Waals surface area contributed by atoms with E-state index in [0.717, 1.165) is 5.56 Å². The third-order valence-corrected chi connectivity index (χ3v) is 8.28. The van der Waals surface area contributed by atoms with E-state index in [9.17, 15) is 32.7 Å². The van der Waals surface area contributed by atoms with E-state index in [0.29, 0.717) is 20.0 Å². The number of rotatable bonds is 7. The van der Waals surface area contributed by atoms with Gasteiger partial charge in [-0.15, -0.1) is 22.0 Å². The summed E-state index contributed by atoms with van der Waals surface area (Å²) in [6, 6.07) is 8.48. The van der Waals surface area contributed by atoms with Gasteiger partial charge in [-0.25, -0.2) is 9.59 Å². The zero-order valence-corrected chi connectivity index (χ0v) is 20.9. The minimum absolute atomic E-state index is 0.0631. The Kier molecular flexibility index (Phi) is 9.16. The maximum absolute atomic E-state index is 12.7. The molecule has 0 aliphatic carbocycles. The lowest BCUT2D eigenvalue weighted by Gasteiger charge is -2.49. The summed E-state index contributed by atoms with van der Waals surface area (Å²) in [5.41, 5.74) is 6.32. The second-order valence-corrected chi connectivity index (χ2v) is 10.8. The Bertz CT molecular complexity index is 1220. The first-order valence-electron chi connectivity index (χ1n) is 10.2. The van der Waals surface area contributed by atoms with Gasteiger partial charge in [-0.05, 0) is 5.56 Å². The molecule has 0 saturated carbocycles. The molecular formula is C20H18F3N5O6S3. The number of carbonyl (C=O) groups excluding carboxylic acids is 2. The lowest BCUT2D eigenvalue weighted by molar-refractivity contribution is -0.192. The van der Waals surface area contributed by atoms with Crippen LogP contribution in [-0.4, -0.2) is 72.4 Å². The van der Waals surface area contributed by atoms with Gasteiger partial charge in [0.25, 0.3) is 5.91 Å². The van der Waals surface area contributed by atoms with Gasteiger partial charge in [0.05, 0.1) is 6.42 Å². The fourth-order valence-electron chi connectivity index (χ4n) is 3.14. The molecule has 17 heteroatoms. The van der Waals surface area contributed by atoms with Crippen LogP contribution in [-0.2, 0) is 32.1 Å². The molecule has 2 aliphatic rings. The van der Waals surface area contributed by atoms with Crippen LogP contribution in [0.25, 0.3) is 0 Å². The number of thioether (sulfide) groups is 2. The highest BCUT2D eigenvalue weighted by molar-refractivity contribution is 8.07. The summed E-state index contributed by atoms with van der Waals surface area (Å²) < 4.78 is 32.3. The first kappa shape index (κ1) is 28.4. The molecule has 1 saturated heterocycles. The van der Waals surface area contributed by atoms with Crippen LogP contribution in [0, 0.1) is 0 Å². The molecule has 4 rings (SSSR count). The first-order chi connectivity index (χ1) is 17.4. The van der Waals surface area contributed by atoms with Crippen molar-refractivity contribution < 1.29 is 42.6 Å². The molecule has 1 aromatic heterocycles. The van der Waals surface area contributed by atoms with Gasteiger partial charge in [0.15, 0.2) is 4.34 Å². The number of aromatic nitrogens is 2. The van der Waals surface area contributed by atoms with Gasteiger partial charge in [0.1, 0.15) is 22.1 Å². The molecule has 198 valence electrons. The predicted molar refractivity (Wildman–Crippen MR) is 127 cm³/mol. The van der Waals surface area contributed by atoms with Gasteiger partial charge in [-0.2, -0.15) is 13.2 Å². The van der Waals surface area contributed by atoms with Crippen molar-refractivity contribution in [1.82, 2.24) is 20.4 Å². The van der Waals surface area contributed by atoms with Crippen molar-refractivity contribution in [1.29, 1.82) is 0 Å². The molecule has 5 N–H and O–H groups in total. The minimum Gasteiger partial charge on any atom is -0.477 e. The van der Waals surface area contributed by atoms with Gasteiger partial charge in [-0.3, -0.25) is 14.5 Å². The van der Waals surface area contributed by atoms with Crippen LogP contribution in [0.15, 0.2) is 45.3 Å². The molecule has 2 atom stereocenters. The van der Waals surface area contributed by atoms with Crippen molar-refractivity contribution in [3.63, 3.8) is 0 Å². The molecule has 11 nitrogen and oxygen atoms in total. The van der Waals surface area contributed by atoms with E-state index in [4.69, 9.17) is 15.6 Å². The molecule has 0 radical (unpaired) electrons. The zero-order valence-electron chi connectivity index (χ0n) is 18.5. The van der Waals surface area contributed by atoms with Gasteiger partial charge in [-0.1, -0.05) is 53.4 Å². The molecule has 0 unspecified atom stereocenters. The fraction of sp³-hybridized carbons (Fsp3) is 0.300. The molecule has 2 aromatic rings. The number of carboxylic acids is 2. The van der Waals surface area contributed by atoms with Gasteiger partial charge >= 0.3 is 18.1 Å². The minimum atomic E-state index is -5.08. The molecule has 1 aromatic carbocycles. The Morgan fingerprint density at radius 3 is 2.38 bits per heavy atom. The highest BCUT2D eigenvalue weighted by Crippen LogP contribution is 2.45. The fourth-order valence-corrected chi connectivity index (χ4v) is 6.56. The number of hydrogen-bond acceptors (Lipinski definition) is 10. The average molecular weight is 578 g/mol. The molecular weight excluding hydrogens is 559 g/mol. The molecule has 2 amide bonds. The lowest BCUT2D eigenvalue weighted by Crippen LogP contribution is -2.70. The maximum Gasteiger partial charge on any atom is 0.490 e. The Morgan fingerprint density at radius 2 is 1.84 bits per heavy atom. The predicted octanol–water partition coefficient (Wildman–Crippen LogP) is 1.66. The second-order valence-electron chi connectivity index (χ2n) is 7.27. The van der Waals surface area contributed by atoms with E-state index in [1.807, 2.05) is 30.3 Å². The number of β-lactam (4-membered cyclic amide) rings is 1. The standard InChI is InChI=1S/C18H17N5O4S3.C2HF3O2/c19-7-12-21-22-18(30-12)29-10-8-28-16-13(15(25)23(16)14(10)17(26)27)20-11(24)6-9-4-2-1-3-5-9;3-2(4,5)1(6)7/h1-5,13,16H,6-8,19H2,(H,20,24)(H,26,27);(H,6,7)/t13-,16-;/m1./s1. The Labute approximate surface area is 219 Å². The normalized spacial score (nSPS) is 18.8. The van der Waals surface area contributed by atoms with Crippen molar-refractivity contribution in [2.45, 2.75) is 34.9 Å². The first-order valence-corrected chi connectivity index (χ1v) is 12.8. The number of carboxylic acid groups (broad SMARTS) is 2. The van der Waals surface area contributed by atoms with Crippen LogP contribution in [0.3, 0.4) is 0 Å². The third kappa shape index (κ3) is 7.00. The number of fused-ring (bicyclic) bond motifs is 1. The van der Waals surface area contributed by atoms with Gasteiger partial charge in [0, 0.05) is 17.2 Å². The van der Waals surface area contributed by atoms with E-state index in [1.54, 1.807) is 0 Å². The number of nitrogens with zero attached hydrogens (tertiary/aromatic N) is 3. The van der Waals surface area contributed by atoms with Crippen LogP contribution in [0.4, 0.5) is 13.2 Å². The number of alkyl halides is 3. The van der Waals surface area contributed by atoms with Crippen LogP contribution in [0.1, 0.15) is 10.6 Å². The van der Waals surface area contributed by atoms with Crippen molar-refractivity contribution >= 4 is 58.6 Å². The van der Waals surface area contributed by atoms with Gasteiger partial charge < -0.3 is 21.3 Å². The molecule has 0 spiro atoms. The largest absolute Gasteiger partial charge is 0.490 e. The van der Waals surface area contributed by atoms with Crippen molar-refractivity contribution in [3.05, 3.63) is 51.5 Å². The Morgan fingerprint density at radius 1 is 1.19 bits per heavy atom. The Balaban J connectivity index is 0.000000479. The number of amides is 2. The molecule has 0 bridgehead atoms. The maximum atomic E-state index is 12.7. The number of nitrogens with one attached hydrogen (secondary N) is 1. The second kappa shape index (κ2) is 11.9. The molecule has 37 heavy (non-hydrogen) atoms. The number of benzene rings is 1. The van der Waals surface area contributed by atoms with Crippen LogP contribution >= 0.6 is 34.9 Å². The summed E-state index contributed by atoms with van der Waals surface area (Å²) >= 11 is 3.89. The van der Waals surface area contributed by atoms with E-state index in [1.165, 1.54) is 39.8 Å². The van der Waals surface area contributed by atoms with Crippen LogP contribution in [0.5, 0.6) is 0 Å². The number of aliphatic carboxylic acids is 2. The van der Waals surface area contributed by atoms with E-state index in [-0.39, 0.29) is 24.6 Å². The molecule has 2 aliphatic heterocycles. The SMILES string of the molecule is NCc1nnc(SC2=C(C(=O)O)N3C(=O)[C@@H](NC(=O)Cc4ccccc4)[C@H]3SC2)s1.O=C(O)C(F)(F)F. The summed E-state index contributed by atoms with van der Waals surface area (Å²) in [7, 11) is 0. The molecule has 1 fully saturated rings. The van der Waals surface area contributed by atoms with E-state index < -0.39 is 35.4 Å². The topological polar surface area (TPSA) is 176 Å². The number of nitrogens with two attached hydrogens (primary N) is 1. The number of carbonyl (C=O) groups is 4. The average Bonchev–Trinajstić information content (AvgIpc) is 3.30. The summed E-state index contributed by atoms with van der Waals surface area (Å²) in [5, 5.41) is 27.7. The third-order valence-electron chi connectivity index (χ3n) is 4.74. The highest BCUT2D eigenvalue weighted by atomic mass is 32.2. The summed E-state index contributed by atoms with van der Waals surface area (Å²) in [6.45, 7) is 0.259. The summed E-state index contributed by atoms with van der Waals surface area (Å²) in [5.74, 6) is -4.25. The van der Waals surface area contributed by atoms with Crippen molar-refractivity contribution in [2.75, 3.05) is 5.75 Å². The van der Waals surface area contributed by atoms with Crippen molar-refractivity contribution in [3.8, 4) is 0 Å². The molecule has 3 heterocycles. The van der Waals surface area contributed by atoms with Crippen molar-refractivity contribution in [2.24, 2.45) is 5.73 Å². The summed E-state index contributed by atoms with van der Waals surface area (Å²) in [6.07, 6.45) is -4.93. The quantitative estimate of drug-likeness (QED) is 0.352.